The highest BCUT2D eigenvalue weighted by molar-refractivity contribution is 6.21. The van der Waals surface area contributed by atoms with Gasteiger partial charge < -0.3 is 0 Å². The van der Waals surface area contributed by atoms with Gasteiger partial charge >= 0.3 is 0 Å². The quantitative estimate of drug-likeness (QED) is 0.779. The van der Waals surface area contributed by atoms with Crippen LogP contribution in [0.4, 0.5) is 0 Å². The molecule has 19 heavy (non-hydrogen) atoms. The van der Waals surface area contributed by atoms with E-state index in [1.165, 1.54) is 37.0 Å². The molecular formula is C16H19NO2. The Morgan fingerprint density at radius 3 is 2.11 bits per heavy atom. The second-order valence-electron chi connectivity index (χ2n) is 5.60. The topological polar surface area (TPSA) is 37.4 Å². The molecule has 0 saturated heterocycles. The Hall–Kier alpha value is -1.64. The minimum atomic E-state index is -0.114. The van der Waals surface area contributed by atoms with E-state index < -0.39 is 0 Å². The summed E-state index contributed by atoms with van der Waals surface area (Å²) in [5, 5.41) is 0. The summed E-state index contributed by atoms with van der Waals surface area (Å²) in [4.78, 5) is 25.8. The van der Waals surface area contributed by atoms with Gasteiger partial charge in [0.05, 0.1) is 11.1 Å². The van der Waals surface area contributed by atoms with Crippen molar-refractivity contribution in [2.45, 2.75) is 38.5 Å². The van der Waals surface area contributed by atoms with Gasteiger partial charge in [0.15, 0.2) is 0 Å². The molecule has 3 heteroatoms. The van der Waals surface area contributed by atoms with Crippen LogP contribution in [0.1, 0.15) is 59.2 Å². The van der Waals surface area contributed by atoms with Gasteiger partial charge in [-0.1, -0.05) is 44.2 Å². The molecule has 0 radical (unpaired) electrons. The van der Waals surface area contributed by atoms with Crippen LogP contribution in [0.2, 0.25) is 0 Å². The summed E-state index contributed by atoms with van der Waals surface area (Å²) < 4.78 is 0. The van der Waals surface area contributed by atoms with Crippen LogP contribution >= 0.6 is 0 Å². The van der Waals surface area contributed by atoms with Crippen LogP contribution in [0.25, 0.3) is 0 Å². The summed E-state index contributed by atoms with van der Waals surface area (Å²) in [7, 11) is 0. The van der Waals surface area contributed by atoms with Crippen LogP contribution in [0.3, 0.4) is 0 Å². The third-order valence-corrected chi connectivity index (χ3v) is 4.36. The molecule has 0 N–H and O–H groups in total. The fraction of sp³-hybridized carbons (Fsp3) is 0.500. The molecule has 1 aliphatic carbocycles. The number of hydrogen-bond donors (Lipinski definition) is 0. The monoisotopic (exact) mass is 257 g/mol. The molecule has 1 aromatic rings. The van der Waals surface area contributed by atoms with E-state index in [1.54, 1.807) is 12.1 Å². The number of amides is 2. The lowest BCUT2D eigenvalue weighted by Crippen LogP contribution is -2.32. The summed E-state index contributed by atoms with van der Waals surface area (Å²) in [6.07, 6.45) is 7.40. The molecule has 3 nitrogen and oxygen atoms in total. The van der Waals surface area contributed by atoms with Crippen molar-refractivity contribution in [3.05, 3.63) is 35.4 Å². The van der Waals surface area contributed by atoms with E-state index >= 15 is 0 Å². The van der Waals surface area contributed by atoms with Crippen LogP contribution < -0.4 is 0 Å². The van der Waals surface area contributed by atoms with Crippen molar-refractivity contribution in [1.29, 1.82) is 0 Å². The SMILES string of the molecule is O=C1c2ccccc2C(=O)N1CCC1CCCCC1. The Kier molecular flexibility index (Phi) is 3.36. The first kappa shape index (κ1) is 12.4. The summed E-state index contributed by atoms with van der Waals surface area (Å²) >= 11 is 0. The fourth-order valence-corrected chi connectivity index (χ4v) is 3.23. The van der Waals surface area contributed by atoms with E-state index in [0.717, 1.165) is 6.42 Å². The van der Waals surface area contributed by atoms with Crippen molar-refractivity contribution in [2.24, 2.45) is 5.92 Å². The van der Waals surface area contributed by atoms with Crippen molar-refractivity contribution in [3.8, 4) is 0 Å². The number of imide groups is 1. The summed E-state index contributed by atoms with van der Waals surface area (Å²) in [5.41, 5.74) is 1.13. The van der Waals surface area contributed by atoms with Crippen molar-refractivity contribution in [1.82, 2.24) is 4.90 Å². The minimum absolute atomic E-state index is 0.114. The van der Waals surface area contributed by atoms with Gasteiger partial charge in [-0.15, -0.1) is 0 Å². The van der Waals surface area contributed by atoms with Gasteiger partial charge in [-0.25, -0.2) is 0 Å². The highest BCUT2D eigenvalue weighted by Crippen LogP contribution is 2.28. The number of hydrogen-bond acceptors (Lipinski definition) is 2. The average molecular weight is 257 g/mol. The molecule has 0 spiro atoms. The van der Waals surface area contributed by atoms with Crippen molar-refractivity contribution >= 4 is 11.8 Å². The molecule has 2 aliphatic rings. The zero-order chi connectivity index (χ0) is 13.2. The van der Waals surface area contributed by atoms with E-state index in [4.69, 9.17) is 0 Å². The van der Waals surface area contributed by atoms with Crippen LogP contribution in [0.15, 0.2) is 24.3 Å². The number of fused-ring (bicyclic) bond motifs is 1. The van der Waals surface area contributed by atoms with Crippen LogP contribution in [0.5, 0.6) is 0 Å². The Balaban J connectivity index is 1.67. The number of benzene rings is 1. The van der Waals surface area contributed by atoms with Gasteiger partial charge in [-0.05, 0) is 24.5 Å². The predicted octanol–water partition coefficient (Wildman–Crippen LogP) is 3.25. The molecule has 1 aliphatic heterocycles. The number of carbonyl (C=O) groups excluding carboxylic acids is 2. The zero-order valence-corrected chi connectivity index (χ0v) is 11.1. The number of carbonyl (C=O) groups is 2. The molecule has 1 fully saturated rings. The zero-order valence-electron chi connectivity index (χ0n) is 11.1. The maximum absolute atomic E-state index is 12.2. The smallest absolute Gasteiger partial charge is 0.261 e. The molecule has 0 atom stereocenters. The van der Waals surface area contributed by atoms with Crippen LogP contribution in [-0.2, 0) is 0 Å². The van der Waals surface area contributed by atoms with Crippen molar-refractivity contribution < 1.29 is 9.59 Å². The van der Waals surface area contributed by atoms with Gasteiger partial charge in [-0.2, -0.15) is 0 Å². The minimum Gasteiger partial charge on any atom is -0.274 e. The van der Waals surface area contributed by atoms with E-state index in [-0.39, 0.29) is 11.8 Å². The maximum Gasteiger partial charge on any atom is 0.261 e. The number of rotatable bonds is 3. The standard InChI is InChI=1S/C16H19NO2/c18-15-13-8-4-5-9-14(13)16(19)17(15)11-10-12-6-2-1-3-7-12/h4-5,8-9,12H,1-3,6-7,10-11H2. The normalized spacial score (nSPS) is 19.9. The van der Waals surface area contributed by atoms with Gasteiger partial charge in [0.1, 0.15) is 0 Å². The molecule has 100 valence electrons. The van der Waals surface area contributed by atoms with Gasteiger partial charge in [0.2, 0.25) is 0 Å². The van der Waals surface area contributed by atoms with E-state index in [1.807, 2.05) is 12.1 Å². The van der Waals surface area contributed by atoms with E-state index in [2.05, 4.69) is 0 Å². The van der Waals surface area contributed by atoms with Gasteiger partial charge in [0, 0.05) is 6.54 Å². The maximum atomic E-state index is 12.2. The molecular weight excluding hydrogens is 238 g/mol. The van der Waals surface area contributed by atoms with Crippen LogP contribution in [0, 0.1) is 5.92 Å². The van der Waals surface area contributed by atoms with Crippen molar-refractivity contribution in [3.63, 3.8) is 0 Å². The van der Waals surface area contributed by atoms with Crippen LogP contribution in [-0.4, -0.2) is 23.3 Å². The Morgan fingerprint density at radius 2 is 1.53 bits per heavy atom. The molecule has 1 aromatic carbocycles. The highest BCUT2D eigenvalue weighted by Gasteiger charge is 2.34. The lowest BCUT2D eigenvalue weighted by molar-refractivity contribution is 0.0642. The molecule has 1 saturated carbocycles. The predicted molar refractivity (Wildman–Crippen MR) is 73.0 cm³/mol. The lowest BCUT2D eigenvalue weighted by atomic mass is 9.87. The molecule has 0 unspecified atom stereocenters. The Labute approximate surface area is 113 Å². The van der Waals surface area contributed by atoms with Gasteiger partial charge in [0.25, 0.3) is 11.8 Å². The first-order valence-corrected chi connectivity index (χ1v) is 7.22. The number of nitrogens with zero attached hydrogens (tertiary/aromatic N) is 1. The van der Waals surface area contributed by atoms with Gasteiger partial charge in [-0.3, -0.25) is 14.5 Å². The molecule has 2 amide bonds. The Morgan fingerprint density at radius 1 is 0.947 bits per heavy atom. The molecule has 0 aromatic heterocycles. The first-order chi connectivity index (χ1) is 9.27. The molecule has 3 rings (SSSR count). The summed E-state index contributed by atoms with van der Waals surface area (Å²) in [6.45, 7) is 0.580. The summed E-state index contributed by atoms with van der Waals surface area (Å²) in [5.74, 6) is 0.464. The summed E-state index contributed by atoms with van der Waals surface area (Å²) in [6, 6.07) is 7.12. The third kappa shape index (κ3) is 2.29. The highest BCUT2D eigenvalue weighted by atomic mass is 16.2. The fourth-order valence-electron chi connectivity index (χ4n) is 3.23. The largest absolute Gasteiger partial charge is 0.274 e. The second-order valence-corrected chi connectivity index (χ2v) is 5.60. The second kappa shape index (κ2) is 5.16. The third-order valence-electron chi connectivity index (χ3n) is 4.36. The Bertz CT molecular complexity index is 468. The van der Waals surface area contributed by atoms with E-state index in [0.29, 0.717) is 23.6 Å². The van der Waals surface area contributed by atoms with E-state index in [9.17, 15) is 9.59 Å². The lowest BCUT2D eigenvalue weighted by Gasteiger charge is -2.23. The first-order valence-electron chi connectivity index (χ1n) is 7.22. The average Bonchev–Trinajstić information content (AvgIpc) is 2.71. The molecule has 0 bridgehead atoms. The van der Waals surface area contributed by atoms with Crippen molar-refractivity contribution in [2.75, 3.05) is 6.54 Å². The molecule has 1 heterocycles.